The van der Waals surface area contributed by atoms with Crippen LogP contribution in [0.2, 0.25) is 0 Å². The van der Waals surface area contributed by atoms with Crippen LogP contribution in [0.3, 0.4) is 0 Å². The molecule has 4 rings (SSSR count). The third-order valence-electron chi connectivity index (χ3n) is 5.88. The molecular formula is C12H4F15. The Hall–Kier alpha value is -1.05. The third-order valence-corrected chi connectivity index (χ3v) is 5.88. The molecule has 1 radical (unpaired) electrons. The quantitative estimate of drug-likeness (QED) is 0.501. The monoisotopic (exact) mass is 433 g/mol. The average Bonchev–Trinajstić information content (AvgIpc) is 2.48. The SMILES string of the molecule is [CH2]CC12C(F)(F)C3(F)C(F)(F)C(F)(C(F)(F)C(F)(C3(F)F)C1(F)F)C2(F)F. The second-order valence-electron chi connectivity index (χ2n) is 6.58. The Kier molecular flexibility index (Phi) is 3.05. The van der Waals surface area contributed by atoms with Gasteiger partial charge in [-0.05, 0) is 6.42 Å². The van der Waals surface area contributed by atoms with Gasteiger partial charge in [0.25, 0.3) is 0 Å². The second kappa shape index (κ2) is 3.98. The van der Waals surface area contributed by atoms with Crippen molar-refractivity contribution in [2.75, 3.05) is 0 Å². The predicted octanol–water partition coefficient (Wildman–Crippen LogP) is 5.17. The number of halogens is 15. The molecule has 4 bridgehead atoms. The summed E-state index contributed by atoms with van der Waals surface area (Å²) < 4.78 is 212. The predicted molar refractivity (Wildman–Crippen MR) is 53.6 cm³/mol. The van der Waals surface area contributed by atoms with Crippen LogP contribution in [0, 0.1) is 12.3 Å². The molecule has 0 saturated heterocycles. The molecule has 15 heteroatoms. The standard InChI is InChI=1S/C12H4F15/c1-2-3-7(16,17)4(13)10(22,23)5(14,8(3,18)19)12(26,27)6(15,9(3,20)21)11(4,24)25/h1-2H2. The van der Waals surface area contributed by atoms with Gasteiger partial charge in [-0.15, -0.1) is 0 Å². The zero-order chi connectivity index (χ0) is 21.7. The van der Waals surface area contributed by atoms with Gasteiger partial charge < -0.3 is 0 Å². The molecule has 0 heterocycles. The molecule has 0 aromatic heterocycles. The van der Waals surface area contributed by atoms with Crippen molar-refractivity contribution < 1.29 is 65.9 Å². The van der Waals surface area contributed by atoms with E-state index in [1.807, 2.05) is 6.92 Å². The summed E-state index contributed by atoms with van der Waals surface area (Å²) in [5.41, 5.74) is -28.9. The van der Waals surface area contributed by atoms with Gasteiger partial charge in [0.2, 0.25) is 0 Å². The molecule has 4 aliphatic rings. The van der Waals surface area contributed by atoms with Gasteiger partial charge in [0, 0.05) is 0 Å². The summed E-state index contributed by atoms with van der Waals surface area (Å²) in [5.74, 6) is -45.0. The molecular weight excluding hydrogens is 429 g/mol. The number of hydrogen-bond donors (Lipinski definition) is 0. The van der Waals surface area contributed by atoms with Crippen molar-refractivity contribution in [3.8, 4) is 0 Å². The van der Waals surface area contributed by atoms with Crippen molar-refractivity contribution in [3.05, 3.63) is 6.92 Å². The molecule has 4 aliphatic carbocycles. The van der Waals surface area contributed by atoms with E-state index in [-0.39, 0.29) is 0 Å². The molecule has 0 aromatic rings. The summed E-state index contributed by atoms with van der Waals surface area (Å²) in [6, 6.07) is 0. The van der Waals surface area contributed by atoms with Gasteiger partial charge >= 0.3 is 52.5 Å². The molecule has 0 atom stereocenters. The van der Waals surface area contributed by atoms with E-state index in [0.29, 0.717) is 0 Å². The van der Waals surface area contributed by atoms with Crippen LogP contribution >= 0.6 is 0 Å². The fourth-order valence-corrected chi connectivity index (χ4v) is 4.43. The first-order valence-corrected chi connectivity index (χ1v) is 6.69. The van der Waals surface area contributed by atoms with E-state index >= 15 is 0 Å². The molecule has 27 heavy (non-hydrogen) atoms. The smallest absolute Gasteiger partial charge is 0.223 e. The Morgan fingerprint density at radius 3 is 0.704 bits per heavy atom. The summed E-state index contributed by atoms with van der Waals surface area (Å²) >= 11 is 0. The fraction of sp³-hybridized carbons (Fsp3) is 0.917. The zero-order valence-corrected chi connectivity index (χ0v) is 12.1. The molecule has 157 valence electrons. The first kappa shape index (κ1) is 20.7. The lowest BCUT2D eigenvalue weighted by Crippen LogP contribution is -3.07. The van der Waals surface area contributed by atoms with Gasteiger partial charge in [-0.1, -0.05) is 6.92 Å². The minimum absolute atomic E-state index is 2.02. The van der Waals surface area contributed by atoms with Crippen LogP contribution in [0.1, 0.15) is 6.42 Å². The maximum atomic E-state index is 14.4. The van der Waals surface area contributed by atoms with Crippen molar-refractivity contribution in [2.24, 2.45) is 5.41 Å². The highest BCUT2D eigenvalue weighted by Crippen LogP contribution is 2.91. The van der Waals surface area contributed by atoms with Gasteiger partial charge in [-0.25, -0.2) is 39.5 Å². The minimum Gasteiger partial charge on any atom is -0.223 e. The lowest BCUT2D eigenvalue weighted by molar-refractivity contribution is -0.612. The lowest BCUT2D eigenvalue weighted by atomic mass is 9.36. The average molecular weight is 433 g/mol. The fourth-order valence-electron chi connectivity index (χ4n) is 4.43. The number of rotatable bonds is 1. The zero-order valence-electron chi connectivity index (χ0n) is 12.1. The molecule has 0 amide bonds. The topological polar surface area (TPSA) is 0 Å². The highest BCUT2D eigenvalue weighted by atomic mass is 19.3. The lowest BCUT2D eigenvalue weighted by Gasteiger charge is -2.75. The van der Waals surface area contributed by atoms with Crippen molar-refractivity contribution in [3.63, 3.8) is 0 Å². The Morgan fingerprint density at radius 1 is 0.370 bits per heavy atom. The van der Waals surface area contributed by atoms with Crippen LogP contribution in [-0.4, -0.2) is 52.5 Å². The highest BCUT2D eigenvalue weighted by molar-refractivity contribution is 5.52. The normalized spacial score (nSPS) is 52.0. The first-order valence-electron chi connectivity index (χ1n) is 6.69. The minimum atomic E-state index is -7.70. The van der Waals surface area contributed by atoms with Crippen LogP contribution in [-0.2, 0) is 0 Å². The summed E-state index contributed by atoms with van der Waals surface area (Å²) in [4.78, 5) is 0. The van der Waals surface area contributed by atoms with Gasteiger partial charge in [0.1, 0.15) is 0 Å². The van der Waals surface area contributed by atoms with E-state index in [9.17, 15) is 65.9 Å². The first-order chi connectivity index (χ1) is 11.6. The van der Waals surface area contributed by atoms with E-state index < -0.39 is 64.4 Å². The summed E-state index contributed by atoms with van der Waals surface area (Å²) in [6.45, 7) is 2.02. The highest BCUT2D eigenvalue weighted by Gasteiger charge is 3.22. The van der Waals surface area contributed by atoms with Crippen molar-refractivity contribution >= 4 is 0 Å². The Bertz CT molecular complexity index is 607. The molecule has 0 spiro atoms. The van der Waals surface area contributed by atoms with E-state index in [2.05, 4.69) is 0 Å². The number of alkyl halides is 15. The van der Waals surface area contributed by atoms with Crippen molar-refractivity contribution in [1.29, 1.82) is 0 Å². The maximum absolute atomic E-state index is 14.4. The Morgan fingerprint density at radius 2 is 0.556 bits per heavy atom. The van der Waals surface area contributed by atoms with E-state index in [4.69, 9.17) is 0 Å². The van der Waals surface area contributed by atoms with Crippen LogP contribution < -0.4 is 0 Å². The molecule has 0 nitrogen and oxygen atoms in total. The van der Waals surface area contributed by atoms with Gasteiger partial charge in [-0.3, -0.25) is 0 Å². The Balaban J connectivity index is 2.73. The van der Waals surface area contributed by atoms with Crippen molar-refractivity contribution in [2.45, 2.75) is 59.0 Å². The van der Waals surface area contributed by atoms with E-state index in [1.165, 1.54) is 0 Å². The van der Waals surface area contributed by atoms with Gasteiger partial charge in [0.15, 0.2) is 5.41 Å². The molecule has 0 unspecified atom stereocenters. The number of hydrogen-bond acceptors (Lipinski definition) is 0. The van der Waals surface area contributed by atoms with Crippen LogP contribution in [0.4, 0.5) is 65.9 Å². The third kappa shape index (κ3) is 1.09. The van der Waals surface area contributed by atoms with Gasteiger partial charge in [-0.2, -0.15) is 26.3 Å². The summed E-state index contributed by atoms with van der Waals surface area (Å²) in [5, 5.41) is 0. The molecule has 0 aromatic carbocycles. The van der Waals surface area contributed by atoms with Crippen molar-refractivity contribution in [1.82, 2.24) is 0 Å². The summed E-state index contributed by atoms with van der Waals surface area (Å²) in [6.07, 6.45) is -2.95. The molecule has 4 fully saturated rings. The van der Waals surface area contributed by atoms with E-state index in [1.54, 1.807) is 0 Å². The molecule has 0 aliphatic heterocycles. The maximum Gasteiger partial charge on any atom is 0.339 e. The second-order valence-corrected chi connectivity index (χ2v) is 6.58. The molecule has 4 saturated carbocycles. The van der Waals surface area contributed by atoms with Crippen LogP contribution in [0.15, 0.2) is 0 Å². The molecule has 0 N–H and O–H groups in total. The van der Waals surface area contributed by atoms with Gasteiger partial charge in [0.05, 0.1) is 0 Å². The van der Waals surface area contributed by atoms with Crippen LogP contribution in [0.5, 0.6) is 0 Å². The van der Waals surface area contributed by atoms with E-state index in [0.717, 1.165) is 0 Å². The van der Waals surface area contributed by atoms with Crippen LogP contribution in [0.25, 0.3) is 0 Å². The largest absolute Gasteiger partial charge is 0.339 e. The summed E-state index contributed by atoms with van der Waals surface area (Å²) in [7, 11) is 0. The Labute approximate surface area is 138 Å².